The molecule has 16 heavy (non-hydrogen) atoms. The Bertz CT molecular complexity index is 426. The van der Waals surface area contributed by atoms with Crippen LogP contribution in [-0.2, 0) is 11.2 Å². The molecule has 0 unspecified atom stereocenters. The average molecular weight is 218 g/mol. The molecule has 0 spiro atoms. The first-order valence-electron chi connectivity index (χ1n) is 5.83. The first kappa shape index (κ1) is 11.0. The van der Waals surface area contributed by atoms with Crippen molar-refractivity contribution in [3.8, 4) is 0 Å². The number of amides is 1. The van der Waals surface area contributed by atoms with Gasteiger partial charge in [-0.1, -0.05) is 13.0 Å². The molecule has 0 radical (unpaired) electrons. The zero-order valence-electron chi connectivity index (χ0n) is 9.92. The maximum absolute atomic E-state index is 11.8. The summed E-state index contributed by atoms with van der Waals surface area (Å²) in [6.07, 6.45) is 2.59. The van der Waals surface area contributed by atoms with Gasteiger partial charge in [0.1, 0.15) is 0 Å². The van der Waals surface area contributed by atoms with E-state index in [-0.39, 0.29) is 5.91 Å². The zero-order valence-corrected chi connectivity index (χ0v) is 9.92. The lowest BCUT2D eigenvalue weighted by Crippen LogP contribution is -2.35. The van der Waals surface area contributed by atoms with E-state index in [4.69, 9.17) is 5.73 Å². The van der Waals surface area contributed by atoms with Crippen molar-refractivity contribution in [1.29, 1.82) is 0 Å². The smallest absolute Gasteiger partial charge is 0.226 e. The lowest BCUT2D eigenvalue weighted by Gasteiger charge is -2.31. The summed E-state index contributed by atoms with van der Waals surface area (Å²) < 4.78 is 0. The van der Waals surface area contributed by atoms with Crippen LogP contribution in [-0.4, -0.2) is 12.5 Å². The summed E-state index contributed by atoms with van der Waals surface area (Å²) in [5.74, 6) is 0.163. The van der Waals surface area contributed by atoms with Crippen LogP contribution < -0.4 is 10.6 Å². The topological polar surface area (TPSA) is 46.3 Å². The Morgan fingerprint density at radius 3 is 2.94 bits per heavy atom. The van der Waals surface area contributed by atoms with Gasteiger partial charge in [0.05, 0.1) is 11.4 Å². The Morgan fingerprint density at radius 2 is 2.25 bits per heavy atom. The largest absolute Gasteiger partial charge is 0.397 e. The average Bonchev–Trinajstić information content (AvgIpc) is 2.26. The van der Waals surface area contributed by atoms with Crippen LogP contribution in [0.25, 0.3) is 0 Å². The van der Waals surface area contributed by atoms with Gasteiger partial charge in [0.25, 0.3) is 0 Å². The van der Waals surface area contributed by atoms with Gasteiger partial charge in [-0.25, -0.2) is 0 Å². The van der Waals surface area contributed by atoms with Gasteiger partial charge in [-0.2, -0.15) is 0 Å². The molecular formula is C13H18N2O. The Balaban J connectivity index is 2.49. The van der Waals surface area contributed by atoms with E-state index >= 15 is 0 Å². The van der Waals surface area contributed by atoms with Crippen molar-refractivity contribution >= 4 is 17.3 Å². The molecule has 0 saturated heterocycles. The van der Waals surface area contributed by atoms with Crippen molar-refractivity contribution in [3.63, 3.8) is 0 Å². The Morgan fingerprint density at radius 1 is 1.50 bits per heavy atom. The third-order valence-corrected chi connectivity index (χ3v) is 3.06. The molecule has 1 aromatic carbocycles. The minimum Gasteiger partial charge on any atom is -0.397 e. The Kier molecular flexibility index (Phi) is 2.86. The zero-order chi connectivity index (χ0) is 11.7. The summed E-state index contributed by atoms with van der Waals surface area (Å²) in [6.45, 7) is 4.73. The summed E-state index contributed by atoms with van der Waals surface area (Å²) in [7, 11) is 0. The molecule has 0 fully saturated rings. The highest BCUT2D eigenvalue weighted by Crippen LogP contribution is 2.34. The van der Waals surface area contributed by atoms with Gasteiger partial charge >= 0.3 is 0 Å². The van der Waals surface area contributed by atoms with Crippen molar-refractivity contribution in [3.05, 3.63) is 23.3 Å². The van der Waals surface area contributed by atoms with E-state index < -0.39 is 0 Å². The van der Waals surface area contributed by atoms with Gasteiger partial charge in [-0.05, 0) is 37.0 Å². The van der Waals surface area contributed by atoms with Crippen LogP contribution in [0.5, 0.6) is 0 Å². The number of benzene rings is 1. The van der Waals surface area contributed by atoms with Crippen molar-refractivity contribution in [2.45, 2.75) is 33.1 Å². The number of fused-ring (bicyclic) bond motifs is 1. The molecule has 2 N–H and O–H groups in total. The fourth-order valence-electron chi connectivity index (χ4n) is 2.38. The van der Waals surface area contributed by atoms with E-state index in [2.05, 4.69) is 6.07 Å². The second-order valence-corrected chi connectivity index (χ2v) is 4.36. The Hall–Kier alpha value is -1.51. The summed E-state index contributed by atoms with van der Waals surface area (Å²) in [6, 6.07) is 4.08. The van der Waals surface area contributed by atoms with E-state index in [0.29, 0.717) is 6.42 Å². The molecule has 2 rings (SSSR count). The molecule has 0 aliphatic carbocycles. The second kappa shape index (κ2) is 4.16. The number of nitrogens with zero attached hydrogens (tertiary/aromatic N) is 1. The highest BCUT2D eigenvalue weighted by atomic mass is 16.2. The molecule has 86 valence electrons. The number of nitrogens with two attached hydrogens (primary N) is 1. The number of nitrogen functional groups attached to an aromatic ring is 1. The van der Waals surface area contributed by atoms with Crippen molar-refractivity contribution < 1.29 is 4.79 Å². The number of carbonyl (C=O) groups excluding carboxylic acids is 1. The van der Waals surface area contributed by atoms with Gasteiger partial charge in [-0.3, -0.25) is 4.79 Å². The number of aryl methyl sites for hydroxylation is 2. The number of rotatable bonds is 1. The highest BCUT2D eigenvalue weighted by Gasteiger charge is 2.23. The van der Waals surface area contributed by atoms with E-state index in [0.717, 1.165) is 30.8 Å². The number of hydrogen-bond acceptors (Lipinski definition) is 2. The van der Waals surface area contributed by atoms with Gasteiger partial charge in [0, 0.05) is 13.0 Å². The molecule has 1 aromatic rings. The highest BCUT2D eigenvalue weighted by molar-refractivity contribution is 5.97. The van der Waals surface area contributed by atoms with E-state index in [1.165, 1.54) is 11.1 Å². The molecule has 3 nitrogen and oxygen atoms in total. The van der Waals surface area contributed by atoms with E-state index in [1.807, 2.05) is 24.8 Å². The third kappa shape index (κ3) is 1.77. The van der Waals surface area contributed by atoms with Crippen LogP contribution in [0.4, 0.5) is 11.4 Å². The number of carbonyl (C=O) groups is 1. The van der Waals surface area contributed by atoms with Crippen LogP contribution in [0.2, 0.25) is 0 Å². The molecule has 1 amide bonds. The van der Waals surface area contributed by atoms with Crippen LogP contribution in [0, 0.1) is 6.92 Å². The fourth-order valence-corrected chi connectivity index (χ4v) is 2.38. The lowest BCUT2D eigenvalue weighted by atomic mass is 9.98. The maximum atomic E-state index is 11.8. The molecular weight excluding hydrogens is 200 g/mol. The standard InChI is InChI=1S/C13H18N2O/c1-3-12(16)15-6-4-5-10-7-9(2)8-11(14)13(10)15/h7-8H,3-6,14H2,1-2H3. The van der Waals surface area contributed by atoms with Gasteiger partial charge in [0.2, 0.25) is 5.91 Å². The van der Waals surface area contributed by atoms with Crippen molar-refractivity contribution in [1.82, 2.24) is 0 Å². The van der Waals surface area contributed by atoms with Crippen LogP contribution in [0.3, 0.4) is 0 Å². The molecule has 0 atom stereocenters. The molecule has 3 heteroatoms. The fraction of sp³-hybridized carbons (Fsp3) is 0.462. The molecule has 1 heterocycles. The number of anilines is 2. The molecule has 0 bridgehead atoms. The monoisotopic (exact) mass is 218 g/mol. The van der Waals surface area contributed by atoms with Crippen molar-refractivity contribution in [2.75, 3.05) is 17.2 Å². The lowest BCUT2D eigenvalue weighted by molar-refractivity contribution is -0.118. The predicted octanol–water partition coefficient (Wildman–Crippen LogP) is 2.27. The predicted molar refractivity (Wildman–Crippen MR) is 66.6 cm³/mol. The second-order valence-electron chi connectivity index (χ2n) is 4.36. The van der Waals surface area contributed by atoms with Crippen LogP contribution in [0.15, 0.2) is 12.1 Å². The minimum atomic E-state index is 0.163. The quantitative estimate of drug-likeness (QED) is 0.735. The summed E-state index contributed by atoms with van der Waals surface area (Å²) in [5, 5.41) is 0. The Labute approximate surface area is 96.2 Å². The molecule has 1 aliphatic heterocycles. The number of hydrogen-bond donors (Lipinski definition) is 1. The normalized spacial score (nSPS) is 14.8. The van der Waals surface area contributed by atoms with Gasteiger partial charge < -0.3 is 10.6 Å². The van der Waals surface area contributed by atoms with Gasteiger partial charge in [0.15, 0.2) is 0 Å². The van der Waals surface area contributed by atoms with Crippen molar-refractivity contribution in [2.24, 2.45) is 0 Å². The third-order valence-electron chi connectivity index (χ3n) is 3.06. The minimum absolute atomic E-state index is 0.163. The SMILES string of the molecule is CCC(=O)N1CCCc2cc(C)cc(N)c21. The summed E-state index contributed by atoms with van der Waals surface area (Å²) in [5.41, 5.74) is 10.1. The van der Waals surface area contributed by atoms with Crippen LogP contribution in [0.1, 0.15) is 30.9 Å². The summed E-state index contributed by atoms with van der Waals surface area (Å²) in [4.78, 5) is 13.7. The molecule has 0 aromatic heterocycles. The van der Waals surface area contributed by atoms with E-state index in [9.17, 15) is 4.79 Å². The maximum Gasteiger partial charge on any atom is 0.226 e. The molecule has 1 aliphatic rings. The first-order valence-corrected chi connectivity index (χ1v) is 5.83. The van der Waals surface area contributed by atoms with Gasteiger partial charge in [-0.15, -0.1) is 0 Å². The van der Waals surface area contributed by atoms with Crippen LogP contribution >= 0.6 is 0 Å². The first-order chi connectivity index (χ1) is 7.63. The van der Waals surface area contributed by atoms with E-state index in [1.54, 1.807) is 0 Å². The molecule has 0 saturated carbocycles. The summed E-state index contributed by atoms with van der Waals surface area (Å²) >= 11 is 0.